The lowest BCUT2D eigenvalue weighted by Gasteiger charge is -2.22. The molecule has 0 saturated heterocycles. The highest BCUT2D eigenvalue weighted by Crippen LogP contribution is 2.31. The molecule has 1 fully saturated rings. The summed E-state index contributed by atoms with van der Waals surface area (Å²) in [6.07, 6.45) is 6.72. The van der Waals surface area contributed by atoms with Gasteiger partial charge < -0.3 is 0 Å². The fourth-order valence-corrected chi connectivity index (χ4v) is 4.08. The van der Waals surface area contributed by atoms with Crippen molar-refractivity contribution in [2.75, 3.05) is 0 Å². The number of carbonyl (C=O) groups excluding carboxylic acids is 1. The van der Waals surface area contributed by atoms with Gasteiger partial charge in [-0.3, -0.25) is 9.89 Å². The summed E-state index contributed by atoms with van der Waals surface area (Å²) in [5.41, 5.74) is 1.20. The van der Waals surface area contributed by atoms with E-state index in [1.807, 2.05) is 10.7 Å². The molecule has 3 heterocycles. The van der Waals surface area contributed by atoms with Gasteiger partial charge in [-0.15, -0.1) is 11.3 Å². The molecule has 3 aromatic rings. The number of thiophene rings is 1. The molecular weight excluding hydrogens is 334 g/mol. The number of aromatic nitrogens is 5. The minimum Gasteiger partial charge on any atom is -0.293 e. The van der Waals surface area contributed by atoms with Gasteiger partial charge in [0.15, 0.2) is 17.4 Å². The van der Waals surface area contributed by atoms with Crippen LogP contribution in [0.1, 0.15) is 66.3 Å². The minimum atomic E-state index is -0.0266. The zero-order chi connectivity index (χ0) is 17.2. The van der Waals surface area contributed by atoms with E-state index in [1.165, 1.54) is 31.1 Å². The Labute approximate surface area is 150 Å². The largest absolute Gasteiger partial charge is 0.293 e. The van der Waals surface area contributed by atoms with Gasteiger partial charge in [-0.05, 0) is 30.4 Å². The molecule has 0 aromatic carbocycles. The third kappa shape index (κ3) is 3.42. The van der Waals surface area contributed by atoms with Crippen molar-refractivity contribution in [3.05, 3.63) is 40.0 Å². The molecule has 4 rings (SSSR count). The highest BCUT2D eigenvalue weighted by molar-refractivity contribution is 7.09. The summed E-state index contributed by atoms with van der Waals surface area (Å²) < 4.78 is 2.04. The molecule has 1 aliphatic rings. The number of H-pyrrole nitrogens is 1. The number of nitrogens with zero attached hydrogens (tertiary/aromatic N) is 4. The standard InChI is InChI=1S/C18H21N5OS/c1-12(24)15-11-16(21-20-15)18-19-17(10-14-8-5-9-25-14)22-23(18)13-6-3-2-4-7-13/h5,8-9,11,13H,2-4,6-7,10H2,1H3,(H,20,21). The molecule has 0 aliphatic heterocycles. The lowest BCUT2D eigenvalue weighted by Crippen LogP contribution is -2.15. The van der Waals surface area contributed by atoms with Crippen molar-refractivity contribution in [3.8, 4) is 11.5 Å². The molecule has 0 amide bonds. The average Bonchev–Trinajstić information content (AvgIpc) is 3.36. The Morgan fingerprint density at radius 1 is 1.36 bits per heavy atom. The van der Waals surface area contributed by atoms with E-state index < -0.39 is 0 Å². The molecule has 6 nitrogen and oxygen atoms in total. The van der Waals surface area contributed by atoms with Crippen LogP contribution in [0, 0.1) is 0 Å². The molecule has 0 radical (unpaired) electrons. The first-order valence-corrected chi connectivity index (χ1v) is 9.63. The van der Waals surface area contributed by atoms with E-state index in [-0.39, 0.29) is 5.78 Å². The molecule has 0 unspecified atom stereocenters. The molecule has 1 saturated carbocycles. The average molecular weight is 355 g/mol. The Morgan fingerprint density at radius 2 is 2.20 bits per heavy atom. The van der Waals surface area contributed by atoms with Crippen molar-refractivity contribution in [2.24, 2.45) is 0 Å². The van der Waals surface area contributed by atoms with Crippen molar-refractivity contribution >= 4 is 17.1 Å². The number of aromatic amines is 1. The smallest absolute Gasteiger partial charge is 0.179 e. The van der Waals surface area contributed by atoms with Crippen LogP contribution in [0.15, 0.2) is 23.6 Å². The summed E-state index contributed by atoms with van der Waals surface area (Å²) in [5, 5.41) is 14.0. The van der Waals surface area contributed by atoms with Gasteiger partial charge in [0.05, 0.1) is 6.04 Å². The third-order valence-electron chi connectivity index (χ3n) is 4.69. The Balaban J connectivity index is 1.71. The summed E-state index contributed by atoms with van der Waals surface area (Å²) in [5.74, 6) is 1.55. The van der Waals surface area contributed by atoms with Gasteiger partial charge in [0.1, 0.15) is 11.4 Å². The van der Waals surface area contributed by atoms with Crippen LogP contribution in [0.2, 0.25) is 0 Å². The molecule has 1 N–H and O–H groups in total. The van der Waals surface area contributed by atoms with Crippen molar-refractivity contribution in [1.82, 2.24) is 25.0 Å². The van der Waals surface area contributed by atoms with Crippen molar-refractivity contribution in [2.45, 2.75) is 51.5 Å². The Kier molecular flexibility index (Phi) is 4.48. The van der Waals surface area contributed by atoms with Crippen LogP contribution < -0.4 is 0 Å². The van der Waals surface area contributed by atoms with Crippen LogP contribution in [-0.2, 0) is 6.42 Å². The number of hydrogen-bond donors (Lipinski definition) is 1. The van der Waals surface area contributed by atoms with Crippen molar-refractivity contribution in [3.63, 3.8) is 0 Å². The Hall–Kier alpha value is -2.28. The van der Waals surface area contributed by atoms with Crippen LogP contribution in [0.4, 0.5) is 0 Å². The SMILES string of the molecule is CC(=O)c1cc(-c2nc(Cc3cccs3)nn2C2CCCCC2)n[nH]1. The predicted octanol–water partition coefficient (Wildman–Crippen LogP) is 4.03. The lowest BCUT2D eigenvalue weighted by atomic mass is 9.95. The highest BCUT2D eigenvalue weighted by atomic mass is 32.1. The quantitative estimate of drug-likeness (QED) is 0.701. The van der Waals surface area contributed by atoms with Gasteiger partial charge in [0.25, 0.3) is 0 Å². The van der Waals surface area contributed by atoms with Gasteiger partial charge >= 0.3 is 0 Å². The molecule has 1 aliphatic carbocycles. The van der Waals surface area contributed by atoms with Crippen LogP contribution >= 0.6 is 11.3 Å². The zero-order valence-corrected chi connectivity index (χ0v) is 15.1. The van der Waals surface area contributed by atoms with E-state index in [1.54, 1.807) is 17.4 Å². The summed E-state index contributed by atoms with van der Waals surface area (Å²) >= 11 is 1.72. The van der Waals surface area contributed by atoms with Crippen LogP contribution in [0.5, 0.6) is 0 Å². The lowest BCUT2D eigenvalue weighted by molar-refractivity contribution is 0.101. The number of nitrogens with one attached hydrogen (secondary N) is 1. The van der Waals surface area contributed by atoms with Gasteiger partial charge in [0, 0.05) is 18.2 Å². The topological polar surface area (TPSA) is 76.5 Å². The van der Waals surface area contributed by atoms with E-state index in [0.29, 0.717) is 17.4 Å². The minimum absolute atomic E-state index is 0.0266. The Bertz CT molecular complexity index is 858. The van der Waals surface area contributed by atoms with E-state index in [4.69, 9.17) is 10.1 Å². The van der Waals surface area contributed by atoms with E-state index in [0.717, 1.165) is 30.9 Å². The number of Topliss-reactive ketones (excluding diaryl/α,β-unsaturated/α-hetero) is 1. The van der Waals surface area contributed by atoms with E-state index in [2.05, 4.69) is 21.6 Å². The summed E-state index contributed by atoms with van der Waals surface area (Å²) in [4.78, 5) is 17.6. The van der Waals surface area contributed by atoms with Crippen LogP contribution in [0.3, 0.4) is 0 Å². The normalized spacial score (nSPS) is 15.6. The number of carbonyl (C=O) groups is 1. The number of ketones is 1. The number of rotatable bonds is 5. The zero-order valence-electron chi connectivity index (χ0n) is 14.2. The first kappa shape index (κ1) is 16.2. The second-order valence-corrected chi connectivity index (χ2v) is 7.60. The van der Waals surface area contributed by atoms with Gasteiger partial charge in [-0.1, -0.05) is 25.3 Å². The Morgan fingerprint density at radius 3 is 2.88 bits per heavy atom. The number of hydrogen-bond acceptors (Lipinski definition) is 5. The molecular formula is C18H21N5OS. The molecule has 3 aromatic heterocycles. The molecule has 0 atom stereocenters. The fraction of sp³-hybridized carbons (Fsp3) is 0.444. The second kappa shape index (κ2) is 6.92. The van der Waals surface area contributed by atoms with Crippen LogP contribution in [0.25, 0.3) is 11.5 Å². The van der Waals surface area contributed by atoms with E-state index in [9.17, 15) is 4.79 Å². The summed E-state index contributed by atoms with van der Waals surface area (Å²) in [6, 6.07) is 6.30. The summed E-state index contributed by atoms with van der Waals surface area (Å²) in [7, 11) is 0. The molecule has 0 spiro atoms. The molecule has 130 valence electrons. The van der Waals surface area contributed by atoms with Crippen LogP contribution in [-0.4, -0.2) is 30.7 Å². The maximum atomic E-state index is 11.6. The van der Waals surface area contributed by atoms with Gasteiger partial charge in [-0.2, -0.15) is 10.2 Å². The van der Waals surface area contributed by atoms with Gasteiger partial charge in [-0.25, -0.2) is 9.67 Å². The first-order valence-electron chi connectivity index (χ1n) is 8.75. The fourth-order valence-electron chi connectivity index (χ4n) is 3.38. The molecule has 7 heteroatoms. The summed E-state index contributed by atoms with van der Waals surface area (Å²) in [6.45, 7) is 1.53. The van der Waals surface area contributed by atoms with Gasteiger partial charge in [0.2, 0.25) is 0 Å². The highest BCUT2D eigenvalue weighted by Gasteiger charge is 2.23. The maximum Gasteiger partial charge on any atom is 0.179 e. The maximum absolute atomic E-state index is 11.6. The predicted molar refractivity (Wildman–Crippen MR) is 96.9 cm³/mol. The van der Waals surface area contributed by atoms with Crippen molar-refractivity contribution in [1.29, 1.82) is 0 Å². The first-order chi connectivity index (χ1) is 12.2. The molecule has 25 heavy (non-hydrogen) atoms. The second-order valence-electron chi connectivity index (χ2n) is 6.57. The van der Waals surface area contributed by atoms with E-state index >= 15 is 0 Å². The van der Waals surface area contributed by atoms with Crippen molar-refractivity contribution < 1.29 is 4.79 Å². The third-order valence-corrected chi connectivity index (χ3v) is 5.57. The molecule has 0 bridgehead atoms. The monoisotopic (exact) mass is 355 g/mol.